The van der Waals surface area contributed by atoms with Crippen molar-refractivity contribution in [2.45, 2.75) is 33.3 Å². The minimum atomic E-state index is -0.769. The van der Waals surface area contributed by atoms with Crippen LogP contribution in [0.25, 0.3) is 0 Å². The smallest absolute Gasteiger partial charge is 0.172 e. The summed E-state index contributed by atoms with van der Waals surface area (Å²) in [5.41, 5.74) is -0.0491. The molecule has 0 saturated heterocycles. The van der Waals surface area contributed by atoms with E-state index < -0.39 is 5.60 Å². The lowest BCUT2D eigenvalue weighted by atomic mass is 9.95. The molecule has 0 amide bonds. The first-order chi connectivity index (χ1) is 11.3. The number of nitrogens with zero attached hydrogens (tertiary/aromatic N) is 3. The molecule has 0 atom stereocenters. The SMILES string of the molecule is CC1=C(C)SC(=C/C=C/C2=C(C#N)C(=C(C#N)C#N)OC2(C)C)S1. The van der Waals surface area contributed by atoms with Crippen LogP contribution in [0, 0.1) is 34.0 Å². The van der Waals surface area contributed by atoms with Crippen LogP contribution in [0.4, 0.5) is 0 Å². The molecule has 2 aliphatic rings. The first-order valence-electron chi connectivity index (χ1n) is 7.14. The van der Waals surface area contributed by atoms with Gasteiger partial charge in [0.05, 0.1) is 0 Å². The van der Waals surface area contributed by atoms with Gasteiger partial charge in [-0.2, -0.15) is 15.8 Å². The van der Waals surface area contributed by atoms with Crippen molar-refractivity contribution in [3.05, 3.63) is 54.8 Å². The zero-order chi connectivity index (χ0) is 17.9. The molecule has 0 N–H and O–H groups in total. The van der Waals surface area contributed by atoms with Crippen molar-refractivity contribution < 1.29 is 4.74 Å². The second kappa shape index (κ2) is 7.05. The lowest BCUT2D eigenvalue weighted by molar-refractivity contribution is 0.0954. The number of thioether (sulfide) groups is 2. The molecule has 0 fully saturated rings. The highest BCUT2D eigenvalue weighted by Gasteiger charge is 2.38. The third-order valence-corrected chi connectivity index (χ3v) is 6.09. The van der Waals surface area contributed by atoms with Gasteiger partial charge in [0.1, 0.15) is 29.4 Å². The highest BCUT2D eigenvalue weighted by molar-refractivity contribution is 8.28. The van der Waals surface area contributed by atoms with Crippen LogP contribution in [0.2, 0.25) is 0 Å². The van der Waals surface area contributed by atoms with E-state index in [1.807, 2.05) is 32.1 Å². The number of ether oxygens (including phenoxy) is 1. The Morgan fingerprint density at radius 1 is 1.08 bits per heavy atom. The molecule has 0 saturated carbocycles. The van der Waals surface area contributed by atoms with Crippen molar-refractivity contribution in [2.24, 2.45) is 0 Å². The van der Waals surface area contributed by atoms with Gasteiger partial charge in [0.2, 0.25) is 0 Å². The maximum atomic E-state index is 9.45. The minimum absolute atomic E-state index is 0.0674. The van der Waals surface area contributed by atoms with E-state index in [9.17, 15) is 5.26 Å². The summed E-state index contributed by atoms with van der Waals surface area (Å²) >= 11 is 3.44. The van der Waals surface area contributed by atoms with Crippen molar-refractivity contribution in [1.29, 1.82) is 15.8 Å². The monoisotopic (exact) mass is 353 g/mol. The third-order valence-electron chi connectivity index (χ3n) is 3.56. The van der Waals surface area contributed by atoms with Crippen molar-refractivity contribution in [2.75, 3.05) is 0 Å². The van der Waals surface area contributed by atoms with Gasteiger partial charge in [0.25, 0.3) is 0 Å². The molecule has 0 unspecified atom stereocenters. The molecule has 0 aromatic rings. The molecule has 6 heteroatoms. The van der Waals surface area contributed by atoms with E-state index in [4.69, 9.17) is 15.3 Å². The van der Waals surface area contributed by atoms with Gasteiger partial charge in [-0.15, -0.1) is 0 Å². The quantitative estimate of drug-likeness (QED) is 0.647. The molecule has 120 valence electrons. The Bertz CT molecular complexity index is 833. The summed E-state index contributed by atoms with van der Waals surface area (Å²) < 4.78 is 6.88. The van der Waals surface area contributed by atoms with E-state index >= 15 is 0 Å². The Morgan fingerprint density at radius 2 is 1.67 bits per heavy atom. The summed E-state index contributed by atoms with van der Waals surface area (Å²) in [6.45, 7) is 7.80. The van der Waals surface area contributed by atoms with Crippen LogP contribution in [0.1, 0.15) is 27.7 Å². The molecule has 2 rings (SSSR count). The topological polar surface area (TPSA) is 80.6 Å². The van der Waals surface area contributed by atoms with Gasteiger partial charge in [-0.25, -0.2) is 0 Å². The summed E-state index contributed by atoms with van der Waals surface area (Å²) in [7, 11) is 0. The molecule has 24 heavy (non-hydrogen) atoms. The Kier molecular flexibility index (Phi) is 5.30. The number of nitriles is 3. The largest absolute Gasteiger partial charge is 0.480 e. The maximum absolute atomic E-state index is 9.45. The van der Waals surface area contributed by atoms with Crippen LogP contribution in [0.3, 0.4) is 0 Å². The predicted molar refractivity (Wildman–Crippen MR) is 96.8 cm³/mol. The van der Waals surface area contributed by atoms with Gasteiger partial charge in [-0.05, 0) is 43.6 Å². The molecular formula is C18H15N3OS2. The molecule has 0 spiro atoms. The van der Waals surface area contributed by atoms with Gasteiger partial charge in [-0.1, -0.05) is 35.7 Å². The molecule has 2 aliphatic heterocycles. The fraction of sp³-hybridized carbons (Fsp3) is 0.278. The van der Waals surface area contributed by atoms with Crippen LogP contribution < -0.4 is 0 Å². The number of rotatable bonds is 2. The van der Waals surface area contributed by atoms with Crippen molar-refractivity contribution in [3.63, 3.8) is 0 Å². The van der Waals surface area contributed by atoms with Crippen LogP contribution in [0.5, 0.6) is 0 Å². The van der Waals surface area contributed by atoms with Crippen LogP contribution >= 0.6 is 23.5 Å². The highest BCUT2D eigenvalue weighted by atomic mass is 32.2. The van der Waals surface area contributed by atoms with Gasteiger partial charge < -0.3 is 4.74 Å². The first kappa shape index (κ1) is 18.0. The maximum Gasteiger partial charge on any atom is 0.172 e. The Hall–Kier alpha value is -2.33. The van der Waals surface area contributed by atoms with E-state index in [-0.39, 0.29) is 16.9 Å². The molecular weight excluding hydrogens is 338 g/mol. The van der Waals surface area contributed by atoms with Crippen LogP contribution in [-0.2, 0) is 4.74 Å². The van der Waals surface area contributed by atoms with Crippen molar-refractivity contribution in [1.82, 2.24) is 0 Å². The van der Waals surface area contributed by atoms with Crippen LogP contribution in [0.15, 0.2) is 54.8 Å². The Labute approximate surface area is 150 Å². The lowest BCUT2D eigenvalue weighted by Crippen LogP contribution is -2.20. The van der Waals surface area contributed by atoms with E-state index in [0.717, 1.165) is 0 Å². The van der Waals surface area contributed by atoms with E-state index in [1.54, 1.807) is 35.7 Å². The van der Waals surface area contributed by atoms with Gasteiger partial charge in [-0.3, -0.25) is 0 Å². The fourth-order valence-corrected chi connectivity index (χ4v) is 4.59. The van der Waals surface area contributed by atoms with E-state index in [1.165, 1.54) is 14.0 Å². The summed E-state index contributed by atoms with van der Waals surface area (Å²) in [4.78, 5) is 2.58. The standard InChI is InChI=1S/C18H15N3OS2/c1-11-12(2)24-16(23-11)7-5-6-15-14(10-21)17(13(8-19)9-20)22-18(15,3)4/h5-7H,1-4H3/b6-5+. The van der Waals surface area contributed by atoms with Gasteiger partial charge in [0.15, 0.2) is 11.3 Å². The normalized spacial score (nSPS) is 19.2. The average molecular weight is 353 g/mol. The molecule has 0 aromatic heterocycles. The Balaban J connectivity index is 2.39. The van der Waals surface area contributed by atoms with E-state index in [0.29, 0.717) is 5.57 Å². The summed E-state index contributed by atoms with van der Waals surface area (Å²) in [6, 6.07) is 5.64. The molecule has 0 bridgehead atoms. The zero-order valence-electron chi connectivity index (χ0n) is 13.8. The van der Waals surface area contributed by atoms with Gasteiger partial charge in [0, 0.05) is 9.81 Å². The number of hydrogen-bond donors (Lipinski definition) is 0. The molecule has 0 radical (unpaired) electrons. The van der Waals surface area contributed by atoms with Crippen LogP contribution in [-0.4, -0.2) is 5.60 Å². The lowest BCUT2D eigenvalue weighted by Gasteiger charge is -2.20. The summed E-state index contributed by atoms with van der Waals surface area (Å²) in [5, 5.41) is 27.5. The van der Waals surface area contributed by atoms with E-state index in [2.05, 4.69) is 19.9 Å². The molecule has 0 aliphatic carbocycles. The highest BCUT2D eigenvalue weighted by Crippen LogP contribution is 2.48. The molecule has 2 heterocycles. The summed E-state index contributed by atoms with van der Waals surface area (Å²) in [5.74, 6) is 0.0674. The zero-order valence-corrected chi connectivity index (χ0v) is 15.4. The van der Waals surface area contributed by atoms with Crippen molar-refractivity contribution >= 4 is 23.5 Å². The first-order valence-corrected chi connectivity index (χ1v) is 8.77. The third kappa shape index (κ3) is 3.44. The average Bonchev–Trinajstić information content (AvgIpc) is 2.97. The minimum Gasteiger partial charge on any atom is -0.480 e. The predicted octanol–water partition coefficient (Wildman–Crippen LogP) is 5.05. The van der Waals surface area contributed by atoms with Crippen molar-refractivity contribution in [3.8, 4) is 18.2 Å². The Morgan fingerprint density at radius 3 is 2.17 bits per heavy atom. The molecule has 0 aromatic carbocycles. The second-order valence-electron chi connectivity index (χ2n) is 5.60. The summed E-state index contributed by atoms with van der Waals surface area (Å²) in [6.07, 6.45) is 5.68. The number of hydrogen-bond acceptors (Lipinski definition) is 6. The molecule has 4 nitrogen and oxygen atoms in total. The fourth-order valence-electron chi connectivity index (χ4n) is 2.24. The second-order valence-corrected chi connectivity index (χ2v) is 8.37. The number of allylic oxidation sites excluding steroid dienone is 6. The van der Waals surface area contributed by atoms with Gasteiger partial charge >= 0.3 is 0 Å².